The van der Waals surface area contributed by atoms with Gasteiger partial charge in [0, 0.05) is 11.3 Å². The maximum atomic E-state index is 11.8. The lowest BCUT2D eigenvalue weighted by molar-refractivity contribution is -0.141. The van der Waals surface area contributed by atoms with Gasteiger partial charge in [0.1, 0.15) is 6.54 Å². The molecule has 0 aromatic heterocycles. The van der Waals surface area contributed by atoms with E-state index in [2.05, 4.69) is 10.1 Å². The van der Waals surface area contributed by atoms with Crippen LogP contribution >= 0.6 is 24.2 Å². The number of halogens is 1. The number of esters is 1. The van der Waals surface area contributed by atoms with Gasteiger partial charge >= 0.3 is 5.97 Å². The molecule has 8 heteroatoms. The van der Waals surface area contributed by atoms with E-state index in [9.17, 15) is 14.4 Å². The van der Waals surface area contributed by atoms with Crippen LogP contribution in [0.2, 0.25) is 0 Å². The van der Waals surface area contributed by atoms with Crippen molar-refractivity contribution in [2.45, 2.75) is 6.04 Å². The summed E-state index contributed by atoms with van der Waals surface area (Å²) in [5, 5.41) is 2.18. The van der Waals surface area contributed by atoms with Crippen LogP contribution in [-0.4, -0.2) is 42.4 Å². The number of amides is 1. The average Bonchev–Trinajstić information content (AvgIpc) is 2.50. The van der Waals surface area contributed by atoms with Crippen LogP contribution < -0.4 is 11.1 Å². The summed E-state index contributed by atoms with van der Waals surface area (Å²) >= 11 is 0.965. The molecule has 1 unspecified atom stereocenters. The molecule has 1 amide bonds. The monoisotopic (exact) mass is 332 g/mol. The minimum Gasteiger partial charge on any atom is -0.468 e. The molecule has 1 atom stereocenters. The molecule has 1 rings (SSSR count). The number of ether oxygens (including phenoxy) is 1. The Kier molecular flexibility index (Phi) is 9.44. The second-order valence-corrected chi connectivity index (χ2v) is 4.86. The third-order valence-corrected chi connectivity index (χ3v) is 3.40. The minimum atomic E-state index is -0.864. The van der Waals surface area contributed by atoms with Gasteiger partial charge in [0.25, 0.3) is 0 Å². The summed E-state index contributed by atoms with van der Waals surface area (Å²) in [4.78, 5) is 34.2. The fraction of sp³-hybridized carbons (Fsp3) is 0.308. The Hall–Kier alpha value is -1.57. The van der Waals surface area contributed by atoms with Crippen LogP contribution in [-0.2, 0) is 14.3 Å². The van der Waals surface area contributed by atoms with Crippen LogP contribution in [0.5, 0.6) is 0 Å². The first-order valence-electron chi connectivity index (χ1n) is 5.87. The molecule has 0 aliphatic heterocycles. The smallest absolute Gasteiger partial charge is 0.325 e. The highest BCUT2D eigenvalue weighted by Gasteiger charge is 2.17. The van der Waals surface area contributed by atoms with E-state index in [1.165, 1.54) is 7.11 Å². The Morgan fingerprint density at radius 2 is 1.90 bits per heavy atom. The highest BCUT2D eigenvalue weighted by Crippen LogP contribution is 2.12. The Balaban J connectivity index is 0.00000400. The van der Waals surface area contributed by atoms with Gasteiger partial charge < -0.3 is 15.8 Å². The summed E-state index contributed by atoms with van der Waals surface area (Å²) in [5.41, 5.74) is 6.19. The highest BCUT2D eigenvalue weighted by molar-refractivity contribution is 8.14. The van der Waals surface area contributed by atoms with Gasteiger partial charge in [0.2, 0.25) is 11.0 Å². The molecule has 0 radical (unpaired) electrons. The fourth-order valence-electron chi connectivity index (χ4n) is 1.26. The summed E-state index contributed by atoms with van der Waals surface area (Å²) in [6, 6.07) is 7.86. The molecular formula is C13H17ClN2O4S. The summed E-state index contributed by atoms with van der Waals surface area (Å²) in [5.74, 6) is -0.914. The summed E-state index contributed by atoms with van der Waals surface area (Å²) in [6.07, 6.45) is 0. The molecule has 0 saturated heterocycles. The third kappa shape index (κ3) is 7.12. The van der Waals surface area contributed by atoms with Crippen LogP contribution in [0.25, 0.3) is 0 Å². The molecule has 1 aromatic rings. The van der Waals surface area contributed by atoms with Crippen molar-refractivity contribution >= 4 is 41.2 Å². The number of hydrogen-bond donors (Lipinski definition) is 2. The van der Waals surface area contributed by atoms with Crippen molar-refractivity contribution in [2.24, 2.45) is 5.73 Å². The molecule has 116 valence electrons. The summed E-state index contributed by atoms with van der Waals surface area (Å²) in [7, 11) is 1.22. The number of hydrogen-bond acceptors (Lipinski definition) is 6. The van der Waals surface area contributed by atoms with Crippen molar-refractivity contribution in [3.8, 4) is 0 Å². The van der Waals surface area contributed by atoms with Gasteiger partial charge in [0.15, 0.2) is 0 Å². The van der Waals surface area contributed by atoms with Gasteiger partial charge in [-0.1, -0.05) is 42.1 Å². The van der Waals surface area contributed by atoms with Gasteiger partial charge in [0.05, 0.1) is 13.2 Å². The summed E-state index contributed by atoms with van der Waals surface area (Å²) < 4.78 is 4.38. The number of carbonyl (C=O) groups is 3. The van der Waals surface area contributed by atoms with Crippen LogP contribution in [0.1, 0.15) is 10.4 Å². The molecule has 1 aromatic carbocycles. The van der Waals surface area contributed by atoms with E-state index in [0.29, 0.717) is 5.56 Å². The first-order valence-corrected chi connectivity index (χ1v) is 6.85. The molecule has 0 fully saturated rings. The van der Waals surface area contributed by atoms with Gasteiger partial charge in [-0.05, 0) is 0 Å². The molecular weight excluding hydrogens is 316 g/mol. The van der Waals surface area contributed by atoms with E-state index >= 15 is 0 Å². The molecule has 0 bridgehead atoms. The number of thioether (sulfide) groups is 1. The largest absolute Gasteiger partial charge is 0.468 e. The van der Waals surface area contributed by atoms with Crippen molar-refractivity contribution in [3.05, 3.63) is 35.9 Å². The summed E-state index contributed by atoms with van der Waals surface area (Å²) in [6.45, 7) is -0.236. The maximum absolute atomic E-state index is 11.8. The first kappa shape index (κ1) is 19.4. The number of nitrogens with one attached hydrogen (secondary N) is 1. The predicted octanol–water partition coefficient (Wildman–Crippen LogP) is 0.598. The molecule has 0 aliphatic rings. The number of benzene rings is 1. The first-order chi connectivity index (χ1) is 9.54. The van der Waals surface area contributed by atoms with E-state index in [0.717, 1.165) is 11.8 Å². The van der Waals surface area contributed by atoms with E-state index in [1.54, 1.807) is 24.3 Å². The van der Waals surface area contributed by atoms with Crippen molar-refractivity contribution in [1.82, 2.24) is 5.32 Å². The van der Waals surface area contributed by atoms with Crippen LogP contribution in [0.3, 0.4) is 0 Å². The number of nitrogens with two attached hydrogens (primary N) is 1. The number of methoxy groups -OCH3 is 1. The number of rotatable bonds is 6. The zero-order chi connectivity index (χ0) is 15.0. The normalized spacial score (nSPS) is 11.0. The van der Waals surface area contributed by atoms with Gasteiger partial charge in [-0.3, -0.25) is 14.4 Å². The fourth-order valence-corrected chi connectivity index (χ4v) is 2.05. The standard InChI is InChI=1S/C13H16N2O4S.ClH/c1-19-11(16)7-15-12(17)10(14)8-20-13(18)9-5-3-2-4-6-9;/h2-6,10H,7-8,14H2,1H3,(H,15,17);1H. The lowest BCUT2D eigenvalue weighted by atomic mass is 10.2. The van der Waals surface area contributed by atoms with Gasteiger partial charge in [-0.15, -0.1) is 12.4 Å². The van der Waals surface area contributed by atoms with Crippen molar-refractivity contribution in [2.75, 3.05) is 19.4 Å². The molecule has 0 heterocycles. The molecule has 0 spiro atoms. The Bertz CT molecular complexity index is 484. The van der Waals surface area contributed by atoms with Crippen molar-refractivity contribution < 1.29 is 19.1 Å². The van der Waals surface area contributed by atoms with Crippen LogP contribution in [0.4, 0.5) is 0 Å². The van der Waals surface area contributed by atoms with E-state index in [-0.39, 0.29) is 29.8 Å². The molecule has 0 aliphatic carbocycles. The average molecular weight is 333 g/mol. The Labute approximate surface area is 133 Å². The molecule has 3 N–H and O–H groups in total. The number of carbonyl (C=O) groups excluding carboxylic acids is 3. The zero-order valence-corrected chi connectivity index (χ0v) is 13.0. The topological polar surface area (TPSA) is 98.5 Å². The lowest BCUT2D eigenvalue weighted by Gasteiger charge is -2.10. The lowest BCUT2D eigenvalue weighted by Crippen LogP contribution is -2.44. The Morgan fingerprint density at radius 1 is 1.29 bits per heavy atom. The van der Waals surface area contributed by atoms with E-state index in [4.69, 9.17) is 5.73 Å². The second-order valence-electron chi connectivity index (χ2n) is 3.86. The van der Waals surface area contributed by atoms with Gasteiger partial charge in [-0.2, -0.15) is 0 Å². The highest BCUT2D eigenvalue weighted by atomic mass is 35.5. The van der Waals surface area contributed by atoms with Gasteiger partial charge in [-0.25, -0.2) is 0 Å². The van der Waals surface area contributed by atoms with Crippen LogP contribution in [0.15, 0.2) is 30.3 Å². The van der Waals surface area contributed by atoms with E-state index < -0.39 is 17.9 Å². The maximum Gasteiger partial charge on any atom is 0.325 e. The second kappa shape index (κ2) is 10.2. The molecule has 0 saturated carbocycles. The Morgan fingerprint density at radius 3 is 2.48 bits per heavy atom. The predicted molar refractivity (Wildman–Crippen MR) is 83.5 cm³/mol. The van der Waals surface area contributed by atoms with Crippen LogP contribution in [0, 0.1) is 0 Å². The third-order valence-electron chi connectivity index (χ3n) is 2.37. The van der Waals surface area contributed by atoms with Crippen molar-refractivity contribution in [1.29, 1.82) is 0 Å². The minimum absolute atomic E-state index is 0. The molecule has 6 nitrogen and oxygen atoms in total. The van der Waals surface area contributed by atoms with Crippen molar-refractivity contribution in [3.63, 3.8) is 0 Å². The molecule has 21 heavy (non-hydrogen) atoms. The quantitative estimate of drug-likeness (QED) is 0.740. The SMILES string of the molecule is COC(=O)CNC(=O)C(N)CSC(=O)c1ccccc1.Cl. The van der Waals surface area contributed by atoms with E-state index in [1.807, 2.05) is 6.07 Å². The zero-order valence-electron chi connectivity index (χ0n) is 11.4.